The van der Waals surface area contributed by atoms with Crippen LogP contribution in [0.1, 0.15) is 24.4 Å². The molecule has 134 valence electrons. The maximum Gasteiger partial charge on any atom is 0.174 e. The Morgan fingerprint density at radius 3 is 2.81 bits per heavy atom. The summed E-state index contributed by atoms with van der Waals surface area (Å²) in [5.41, 5.74) is 1.49. The number of hydrogen-bond donors (Lipinski definition) is 1. The first-order valence-electron chi connectivity index (χ1n) is 8.00. The maximum atomic E-state index is 13.4. The number of nitrogens with one attached hydrogen (secondary N) is 1. The lowest BCUT2D eigenvalue weighted by Crippen LogP contribution is -2.36. The van der Waals surface area contributed by atoms with Gasteiger partial charge in [0.25, 0.3) is 0 Å². The van der Waals surface area contributed by atoms with Crippen LogP contribution in [0.25, 0.3) is 0 Å². The Morgan fingerprint density at radius 1 is 1.31 bits per heavy atom. The highest BCUT2D eigenvalue weighted by Crippen LogP contribution is 2.24. The van der Waals surface area contributed by atoms with Crippen molar-refractivity contribution in [2.45, 2.75) is 19.5 Å². The molecule has 3 aromatic rings. The van der Waals surface area contributed by atoms with Crippen LogP contribution < -0.4 is 5.32 Å². The molecule has 0 aliphatic rings. The Labute approximate surface area is 161 Å². The second-order valence-electron chi connectivity index (χ2n) is 5.70. The van der Waals surface area contributed by atoms with Crippen LogP contribution >= 0.6 is 23.8 Å². The van der Waals surface area contributed by atoms with Gasteiger partial charge in [0.1, 0.15) is 11.6 Å². The van der Waals surface area contributed by atoms with Crippen LogP contribution in [0, 0.1) is 5.82 Å². The number of pyridine rings is 1. The summed E-state index contributed by atoms with van der Waals surface area (Å²) in [6.07, 6.45) is 3.36. The Balaban J connectivity index is 1.84. The summed E-state index contributed by atoms with van der Waals surface area (Å²) in [5, 5.41) is 3.61. The average Bonchev–Trinajstić information content (AvgIpc) is 3.16. The largest absolute Gasteiger partial charge is 0.467 e. The lowest BCUT2D eigenvalue weighted by Gasteiger charge is -2.31. The number of benzene rings is 1. The topological polar surface area (TPSA) is 41.3 Å². The van der Waals surface area contributed by atoms with Crippen LogP contribution in [0.5, 0.6) is 0 Å². The van der Waals surface area contributed by atoms with Gasteiger partial charge in [0, 0.05) is 11.9 Å². The van der Waals surface area contributed by atoms with E-state index in [0.717, 1.165) is 11.5 Å². The monoisotopic (exact) mass is 389 g/mol. The maximum absolute atomic E-state index is 13.4. The molecule has 3 rings (SSSR count). The van der Waals surface area contributed by atoms with E-state index in [0.29, 0.717) is 17.3 Å². The quantitative estimate of drug-likeness (QED) is 0.589. The molecule has 2 aromatic heterocycles. The van der Waals surface area contributed by atoms with Gasteiger partial charge in [0.2, 0.25) is 0 Å². The average molecular weight is 390 g/mol. The summed E-state index contributed by atoms with van der Waals surface area (Å²) >= 11 is 11.4. The van der Waals surface area contributed by atoms with Crippen LogP contribution in [0.3, 0.4) is 0 Å². The van der Waals surface area contributed by atoms with E-state index in [1.54, 1.807) is 18.5 Å². The Morgan fingerprint density at radius 2 is 2.15 bits per heavy atom. The molecule has 0 saturated heterocycles. The highest BCUT2D eigenvalue weighted by molar-refractivity contribution is 7.80. The number of furan rings is 1. The predicted octanol–water partition coefficient (Wildman–Crippen LogP) is 5.43. The second-order valence-corrected chi connectivity index (χ2v) is 6.49. The minimum absolute atomic E-state index is 0.0353. The summed E-state index contributed by atoms with van der Waals surface area (Å²) in [4.78, 5) is 6.37. The summed E-state index contributed by atoms with van der Waals surface area (Å²) < 4.78 is 18.8. The van der Waals surface area contributed by atoms with Gasteiger partial charge in [-0.3, -0.25) is 4.98 Å². The molecular formula is C19H17ClFN3OS. The molecule has 7 heteroatoms. The lowest BCUT2D eigenvalue weighted by atomic mass is 10.2. The van der Waals surface area contributed by atoms with E-state index in [-0.39, 0.29) is 11.1 Å². The van der Waals surface area contributed by atoms with Gasteiger partial charge in [-0.05, 0) is 61.6 Å². The van der Waals surface area contributed by atoms with Gasteiger partial charge in [0.15, 0.2) is 5.11 Å². The molecule has 0 aliphatic carbocycles. The Bertz CT molecular complexity index is 874. The van der Waals surface area contributed by atoms with Gasteiger partial charge in [-0.1, -0.05) is 17.7 Å². The minimum Gasteiger partial charge on any atom is -0.467 e. The number of rotatable bonds is 5. The molecule has 0 amide bonds. The third kappa shape index (κ3) is 4.39. The molecule has 1 aromatic carbocycles. The Kier molecular flexibility index (Phi) is 5.85. The number of thiocarbonyl (C=S) groups is 1. The van der Waals surface area contributed by atoms with Gasteiger partial charge in [-0.2, -0.15) is 0 Å². The number of anilines is 1. The molecule has 0 unspecified atom stereocenters. The minimum atomic E-state index is -0.475. The van der Waals surface area contributed by atoms with E-state index in [9.17, 15) is 4.39 Å². The van der Waals surface area contributed by atoms with Crippen molar-refractivity contribution >= 4 is 34.6 Å². The van der Waals surface area contributed by atoms with Crippen LogP contribution in [-0.4, -0.2) is 15.0 Å². The number of aromatic nitrogens is 1. The highest BCUT2D eigenvalue weighted by Gasteiger charge is 2.21. The summed E-state index contributed by atoms with van der Waals surface area (Å²) in [7, 11) is 0. The van der Waals surface area contributed by atoms with Crippen molar-refractivity contribution in [2.75, 3.05) is 5.32 Å². The van der Waals surface area contributed by atoms with E-state index in [1.807, 2.05) is 42.2 Å². The van der Waals surface area contributed by atoms with Gasteiger partial charge in [0.05, 0.1) is 29.6 Å². The summed E-state index contributed by atoms with van der Waals surface area (Å²) in [5.74, 6) is 0.298. The van der Waals surface area contributed by atoms with E-state index < -0.39 is 5.82 Å². The van der Waals surface area contributed by atoms with Gasteiger partial charge in [-0.15, -0.1) is 0 Å². The molecule has 4 nitrogen and oxygen atoms in total. The molecular weight excluding hydrogens is 373 g/mol. The summed E-state index contributed by atoms with van der Waals surface area (Å²) in [6.45, 7) is 2.47. The van der Waals surface area contributed by atoms with Gasteiger partial charge in [-0.25, -0.2) is 4.39 Å². The van der Waals surface area contributed by atoms with Crippen molar-refractivity contribution in [3.63, 3.8) is 0 Å². The molecule has 1 atom stereocenters. The lowest BCUT2D eigenvalue weighted by molar-refractivity contribution is 0.299. The molecule has 0 fully saturated rings. The van der Waals surface area contributed by atoms with Crippen molar-refractivity contribution in [2.24, 2.45) is 0 Å². The van der Waals surface area contributed by atoms with Gasteiger partial charge < -0.3 is 14.6 Å². The van der Waals surface area contributed by atoms with Gasteiger partial charge >= 0.3 is 0 Å². The fourth-order valence-electron chi connectivity index (χ4n) is 2.51. The van der Waals surface area contributed by atoms with Crippen molar-refractivity contribution in [1.29, 1.82) is 0 Å². The third-order valence-electron chi connectivity index (χ3n) is 3.92. The highest BCUT2D eigenvalue weighted by atomic mass is 35.5. The van der Waals surface area contributed by atoms with Crippen molar-refractivity contribution in [3.05, 3.63) is 83.3 Å². The first-order valence-corrected chi connectivity index (χ1v) is 8.79. The first-order chi connectivity index (χ1) is 12.5. The first kappa shape index (κ1) is 18.4. The van der Waals surface area contributed by atoms with Crippen LogP contribution in [0.15, 0.2) is 65.4 Å². The zero-order valence-electron chi connectivity index (χ0n) is 14.0. The number of nitrogens with zero attached hydrogens (tertiary/aromatic N) is 2. The summed E-state index contributed by atoms with van der Waals surface area (Å²) in [6, 6.07) is 13.7. The molecule has 0 aliphatic heterocycles. The SMILES string of the molecule is C[C@@H](c1ccccn1)N(Cc1ccco1)C(=S)Nc1ccc(F)c(Cl)c1. The second kappa shape index (κ2) is 8.29. The van der Waals surface area contributed by atoms with Crippen molar-refractivity contribution in [1.82, 2.24) is 9.88 Å². The fourth-order valence-corrected chi connectivity index (χ4v) is 3.03. The van der Waals surface area contributed by atoms with Crippen molar-refractivity contribution < 1.29 is 8.81 Å². The van der Waals surface area contributed by atoms with E-state index in [4.69, 9.17) is 28.2 Å². The number of halogens is 2. The number of hydrogen-bond acceptors (Lipinski definition) is 3. The molecule has 0 spiro atoms. The smallest absolute Gasteiger partial charge is 0.174 e. The van der Waals surface area contributed by atoms with E-state index in [2.05, 4.69) is 10.3 Å². The van der Waals surface area contributed by atoms with Crippen molar-refractivity contribution in [3.8, 4) is 0 Å². The van der Waals surface area contributed by atoms with E-state index in [1.165, 1.54) is 12.1 Å². The molecule has 26 heavy (non-hydrogen) atoms. The third-order valence-corrected chi connectivity index (χ3v) is 4.55. The molecule has 0 radical (unpaired) electrons. The van der Waals surface area contributed by atoms with Crippen LogP contribution in [-0.2, 0) is 6.54 Å². The fraction of sp³-hybridized carbons (Fsp3) is 0.158. The zero-order chi connectivity index (χ0) is 18.5. The molecule has 2 heterocycles. The molecule has 1 N–H and O–H groups in total. The van der Waals surface area contributed by atoms with Crippen LogP contribution in [0.2, 0.25) is 5.02 Å². The Hall–Kier alpha value is -2.44. The molecule has 0 bridgehead atoms. The normalized spacial score (nSPS) is 11.8. The zero-order valence-corrected chi connectivity index (χ0v) is 15.6. The predicted molar refractivity (Wildman–Crippen MR) is 105 cm³/mol. The van der Waals surface area contributed by atoms with E-state index >= 15 is 0 Å². The van der Waals surface area contributed by atoms with Crippen LogP contribution in [0.4, 0.5) is 10.1 Å². The molecule has 0 saturated carbocycles. The standard InChI is InChI=1S/C19H17ClFN3OS/c1-13(18-6-2-3-9-22-18)24(12-15-5-4-10-25-15)19(26)23-14-7-8-17(21)16(20)11-14/h2-11,13H,12H2,1H3,(H,23,26)/t13-/m0/s1.